The Kier molecular flexibility index (Phi) is 4.91. The summed E-state index contributed by atoms with van der Waals surface area (Å²) < 4.78 is 13.0. The first-order chi connectivity index (χ1) is 9.06. The van der Waals surface area contributed by atoms with Gasteiger partial charge in [-0.2, -0.15) is 0 Å². The van der Waals surface area contributed by atoms with Crippen LogP contribution in [0.5, 0.6) is 0 Å². The van der Waals surface area contributed by atoms with Gasteiger partial charge >= 0.3 is 0 Å². The van der Waals surface area contributed by atoms with Gasteiger partial charge in [-0.1, -0.05) is 12.1 Å². The van der Waals surface area contributed by atoms with Crippen molar-refractivity contribution in [2.24, 2.45) is 0 Å². The molecule has 0 aromatic heterocycles. The van der Waals surface area contributed by atoms with Crippen molar-refractivity contribution in [2.75, 3.05) is 40.8 Å². The lowest BCUT2D eigenvalue weighted by molar-refractivity contribution is 0.190. The summed E-state index contributed by atoms with van der Waals surface area (Å²) in [5.41, 5.74) is 1.18. The predicted molar refractivity (Wildman–Crippen MR) is 76.7 cm³/mol. The molecule has 1 saturated heterocycles. The molecule has 3 nitrogen and oxygen atoms in total. The van der Waals surface area contributed by atoms with E-state index in [-0.39, 0.29) is 5.82 Å². The molecular weight excluding hydrogens is 241 g/mol. The van der Waals surface area contributed by atoms with Crippen LogP contribution in [0.15, 0.2) is 24.3 Å². The second kappa shape index (κ2) is 6.46. The summed E-state index contributed by atoms with van der Waals surface area (Å²) in [6.45, 7) is 3.23. The van der Waals surface area contributed by atoms with Gasteiger partial charge in [-0.05, 0) is 45.3 Å². The summed E-state index contributed by atoms with van der Waals surface area (Å²) >= 11 is 0. The molecule has 1 aromatic rings. The second-order valence-electron chi connectivity index (χ2n) is 5.68. The van der Waals surface area contributed by atoms with Gasteiger partial charge in [0, 0.05) is 31.7 Å². The fourth-order valence-corrected chi connectivity index (χ4v) is 2.75. The average Bonchev–Trinajstić information content (AvgIpc) is 2.37. The van der Waals surface area contributed by atoms with E-state index in [2.05, 4.69) is 36.3 Å². The van der Waals surface area contributed by atoms with Crippen LogP contribution in [0.25, 0.3) is 0 Å². The van der Waals surface area contributed by atoms with Crippen LogP contribution in [-0.4, -0.2) is 56.6 Å². The van der Waals surface area contributed by atoms with Gasteiger partial charge < -0.3 is 15.1 Å². The SMILES string of the molecule is CN1CCNC(CC(c2ccc(F)cc2)N(C)C)C1. The highest BCUT2D eigenvalue weighted by atomic mass is 19.1. The summed E-state index contributed by atoms with van der Waals surface area (Å²) in [7, 11) is 6.33. The van der Waals surface area contributed by atoms with Crippen molar-refractivity contribution in [2.45, 2.75) is 18.5 Å². The molecule has 2 atom stereocenters. The van der Waals surface area contributed by atoms with E-state index < -0.39 is 0 Å². The summed E-state index contributed by atoms with van der Waals surface area (Å²) in [6, 6.07) is 7.71. The number of piperazine rings is 1. The van der Waals surface area contributed by atoms with Crippen molar-refractivity contribution in [3.63, 3.8) is 0 Å². The normalized spacial score (nSPS) is 22.7. The number of likely N-dealkylation sites (N-methyl/N-ethyl adjacent to an activating group) is 1. The molecule has 0 aliphatic carbocycles. The fraction of sp³-hybridized carbons (Fsp3) is 0.600. The number of hydrogen-bond donors (Lipinski definition) is 1. The Balaban J connectivity index is 2.05. The maximum Gasteiger partial charge on any atom is 0.123 e. The molecule has 0 amide bonds. The van der Waals surface area contributed by atoms with Crippen LogP contribution >= 0.6 is 0 Å². The standard InChI is InChI=1S/C15H24FN3/c1-18(2)15(12-4-6-13(16)7-5-12)10-14-11-19(3)9-8-17-14/h4-7,14-15,17H,8-11H2,1-3H3. The van der Waals surface area contributed by atoms with Gasteiger partial charge in [-0.3, -0.25) is 0 Å². The Hall–Kier alpha value is -0.970. The smallest absolute Gasteiger partial charge is 0.123 e. The average molecular weight is 265 g/mol. The molecule has 2 rings (SSSR count). The third-order valence-corrected chi connectivity index (χ3v) is 3.84. The van der Waals surface area contributed by atoms with Gasteiger partial charge in [0.1, 0.15) is 5.82 Å². The second-order valence-corrected chi connectivity index (χ2v) is 5.68. The van der Waals surface area contributed by atoms with Gasteiger partial charge in [-0.25, -0.2) is 4.39 Å². The van der Waals surface area contributed by atoms with Crippen molar-refractivity contribution in [3.05, 3.63) is 35.6 Å². The van der Waals surface area contributed by atoms with E-state index in [1.165, 1.54) is 5.56 Å². The molecule has 0 radical (unpaired) electrons. The van der Waals surface area contributed by atoms with Crippen molar-refractivity contribution in [1.29, 1.82) is 0 Å². The van der Waals surface area contributed by atoms with Crippen molar-refractivity contribution < 1.29 is 4.39 Å². The Bertz CT molecular complexity index is 391. The monoisotopic (exact) mass is 265 g/mol. The molecule has 1 aromatic carbocycles. The van der Waals surface area contributed by atoms with E-state index in [1.807, 2.05) is 12.1 Å². The first-order valence-electron chi connectivity index (χ1n) is 6.90. The lowest BCUT2D eigenvalue weighted by Crippen LogP contribution is -2.50. The van der Waals surface area contributed by atoms with Crippen LogP contribution in [0.4, 0.5) is 4.39 Å². The molecule has 1 heterocycles. The minimum atomic E-state index is -0.170. The van der Waals surface area contributed by atoms with Crippen LogP contribution in [0.1, 0.15) is 18.0 Å². The van der Waals surface area contributed by atoms with E-state index >= 15 is 0 Å². The molecule has 0 spiro atoms. The maximum absolute atomic E-state index is 13.0. The molecular formula is C15H24FN3. The zero-order valence-corrected chi connectivity index (χ0v) is 12.1. The fourth-order valence-electron chi connectivity index (χ4n) is 2.75. The zero-order valence-electron chi connectivity index (χ0n) is 12.1. The summed E-state index contributed by atoms with van der Waals surface area (Å²) in [5.74, 6) is -0.170. The van der Waals surface area contributed by atoms with Gasteiger partial charge in [0.05, 0.1) is 0 Å². The Morgan fingerprint density at radius 1 is 1.37 bits per heavy atom. The van der Waals surface area contributed by atoms with E-state index in [0.717, 1.165) is 26.1 Å². The number of rotatable bonds is 4. The molecule has 106 valence electrons. The van der Waals surface area contributed by atoms with Crippen LogP contribution in [-0.2, 0) is 0 Å². The molecule has 1 N–H and O–H groups in total. The van der Waals surface area contributed by atoms with Crippen molar-refractivity contribution in [3.8, 4) is 0 Å². The maximum atomic E-state index is 13.0. The van der Waals surface area contributed by atoms with Gasteiger partial charge in [0.2, 0.25) is 0 Å². The molecule has 0 saturated carbocycles. The highest BCUT2D eigenvalue weighted by molar-refractivity contribution is 5.20. The molecule has 4 heteroatoms. The van der Waals surface area contributed by atoms with Crippen molar-refractivity contribution in [1.82, 2.24) is 15.1 Å². The van der Waals surface area contributed by atoms with Crippen LogP contribution in [0, 0.1) is 5.82 Å². The summed E-state index contributed by atoms with van der Waals surface area (Å²) in [4.78, 5) is 4.57. The summed E-state index contributed by atoms with van der Waals surface area (Å²) in [6.07, 6.45) is 1.04. The lowest BCUT2D eigenvalue weighted by Gasteiger charge is -2.35. The summed E-state index contributed by atoms with van der Waals surface area (Å²) in [5, 5.41) is 3.57. The largest absolute Gasteiger partial charge is 0.311 e. The number of nitrogens with zero attached hydrogens (tertiary/aromatic N) is 2. The minimum absolute atomic E-state index is 0.170. The number of halogens is 1. The Morgan fingerprint density at radius 3 is 2.63 bits per heavy atom. The topological polar surface area (TPSA) is 18.5 Å². The van der Waals surface area contributed by atoms with Gasteiger partial charge in [0.25, 0.3) is 0 Å². The minimum Gasteiger partial charge on any atom is -0.311 e. The zero-order chi connectivity index (χ0) is 13.8. The first kappa shape index (κ1) is 14.4. The third kappa shape index (κ3) is 4.00. The molecule has 1 fully saturated rings. The van der Waals surface area contributed by atoms with Crippen LogP contribution in [0.3, 0.4) is 0 Å². The van der Waals surface area contributed by atoms with Crippen LogP contribution < -0.4 is 5.32 Å². The number of hydrogen-bond acceptors (Lipinski definition) is 3. The van der Waals surface area contributed by atoms with E-state index in [9.17, 15) is 4.39 Å². The van der Waals surface area contributed by atoms with E-state index in [0.29, 0.717) is 12.1 Å². The lowest BCUT2D eigenvalue weighted by atomic mass is 9.97. The highest BCUT2D eigenvalue weighted by Gasteiger charge is 2.23. The highest BCUT2D eigenvalue weighted by Crippen LogP contribution is 2.24. The van der Waals surface area contributed by atoms with E-state index in [1.54, 1.807) is 12.1 Å². The molecule has 19 heavy (non-hydrogen) atoms. The van der Waals surface area contributed by atoms with E-state index in [4.69, 9.17) is 0 Å². The van der Waals surface area contributed by atoms with Gasteiger partial charge in [0.15, 0.2) is 0 Å². The van der Waals surface area contributed by atoms with Crippen LogP contribution in [0.2, 0.25) is 0 Å². The number of nitrogens with one attached hydrogen (secondary N) is 1. The predicted octanol–water partition coefficient (Wildman–Crippen LogP) is 1.72. The molecule has 2 unspecified atom stereocenters. The Labute approximate surface area is 115 Å². The van der Waals surface area contributed by atoms with Crippen molar-refractivity contribution >= 4 is 0 Å². The molecule has 1 aliphatic heterocycles. The first-order valence-corrected chi connectivity index (χ1v) is 6.90. The molecule has 1 aliphatic rings. The third-order valence-electron chi connectivity index (χ3n) is 3.84. The molecule has 0 bridgehead atoms. The Morgan fingerprint density at radius 2 is 2.05 bits per heavy atom. The quantitative estimate of drug-likeness (QED) is 0.894. The number of benzene rings is 1. The van der Waals surface area contributed by atoms with Gasteiger partial charge in [-0.15, -0.1) is 0 Å².